The summed E-state index contributed by atoms with van der Waals surface area (Å²) in [6, 6.07) is 16.9. The van der Waals surface area contributed by atoms with Gasteiger partial charge in [0.15, 0.2) is 0 Å². The van der Waals surface area contributed by atoms with Crippen LogP contribution in [0.25, 0.3) is 16.6 Å². The van der Waals surface area contributed by atoms with Crippen molar-refractivity contribution in [1.29, 1.82) is 0 Å². The third kappa shape index (κ3) is 3.11. The van der Waals surface area contributed by atoms with Crippen LogP contribution < -0.4 is 10.9 Å². The highest BCUT2D eigenvalue weighted by molar-refractivity contribution is 6.07. The summed E-state index contributed by atoms with van der Waals surface area (Å²) in [6.45, 7) is 2.44. The van der Waals surface area contributed by atoms with E-state index in [1.807, 2.05) is 54.6 Å². The summed E-state index contributed by atoms with van der Waals surface area (Å²) in [5.74, 6) is -0.707. The number of nitrogens with one attached hydrogen (secondary N) is 2. The fraction of sp³-hybridized carbons (Fsp3) is 0.208. The van der Waals surface area contributed by atoms with Gasteiger partial charge >= 0.3 is 0 Å². The molecule has 0 atom stereocenters. The van der Waals surface area contributed by atoms with E-state index in [-0.39, 0.29) is 29.0 Å². The fourth-order valence-electron chi connectivity index (χ4n) is 4.17. The van der Waals surface area contributed by atoms with Crippen LogP contribution in [0.3, 0.4) is 0 Å². The van der Waals surface area contributed by atoms with Crippen molar-refractivity contribution in [2.45, 2.75) is 6.92 Å². The van der Waals surface area contributed by atoms with Gasteiger partial charge in [-0.05, 0) is 25.1 Å². The Balaban J connectivity index is 1.29. The van der Waals surface area contributed by atoms with Crippen molar-refractivity contribution in [2.75, 3.05) is 18.4 Å². The molecular formula is C24H23N5O3. The summed E-state index contributed by atoms with van der Waals surface area (Å²) in [5.41, 5.74) is 2.88. The topological polar surface area (TPSA) is 92.1 Å². The monoisotopic (exact) mass is 429 g/mol. The number of para-hydroxylation sites is 2. The van der Waals surface area contributed by atoms with Crippen molar-refractivity contribution in [3.05, 3.63) is 82.4 Å². The zero-order valence-electron chi connectivity index (χ0n) is 17.8. The van der Waals surface area contributed by atoms with Gasteiger partial charge in [-0.25, -0.2) is 4.68 Å². The Morgan fingerprint density at radius 1 is 1.03 bits per heavy atom. The number of hydrogen-bond donors (Lipinski definition) is 2. The lowest BCUT2D eigenvalue weighted by Gasteiger charge is -2.38. The van der Waals surface area contributed by atoms with Crippen LogP contribution in [0.15, 0.2) is 65.6 Å². The largest absolute Gasteiger partial charge is 0.360 e. The Morgan fingerprint density at radius 2 is 1.72 bits per heavy atom. The van der Waals surface area contributed by atoms with Gasteiger partial charge in [-0.3, -0.25) is 19.1 Å². The Labute approximate surface area is 184 Å². The lowest BCUT2D eigenvalue weighted by Crippen LogP contribution is -2.54. The molecule has 32 heavy (non-hydrogen) atoms. The summed E-state index contributed by atoms with van der Waals surface area (Å²) in [7, 11) is 1.78. The summed E-state index contributed by atoms with van der Waals surface area (Å²) in [6.07, 6.45) is 1.71. The summed E-state index contributed by atoms with van der Waals surface area (Å²) in [5, 5.41) is 3.67. The smallest absolute Gasteiger partial charge is 0.295 e. The summed E-state index contributed by atoms with van der Waals surface area (Å²) in [4.78, 5) is 43.4. The number of benzene rings is 2. The first-order valence-corrected chi connectivity index (χ1v) is 10.5. The number of amides is 2. The molecule has 3 heterocycles. The van der Waals surface area contributed by atoms with Gasteiger partial charge in [0.05, 0.1) is 22.9 Å². The first-order chi connectivity index (χ1) is 15.5. The van der Waals surface area contributed by atoms with Gasteiger partial charge in [0, 0.05) is 37.2 Å². The van der Waals surface area contributed by atoms with Crippen LogP contribution in [-0.4, -0.2) is 44.2 Å². The Kier molecular flexibility index (Phi) is 4.70. The summed E-state index contributed by atoms with van der Waals surface area (Å²) < 4.78 is 3.25. The number of hydrogen-bond acceptors (Lipinski definition) is 3. The van der Waals surface area contributed by atoms with Gasteiger partial charge in [-0.15, -0.1) is 0 Å². The highest BCUT2D eigenvalue weighted by Crippen LogP contribution is 2.25. The zero-order chi connectivity index (χ0) is 22.4. The van der Waals surface area contributed by atoms with Gasteiger partial charge in [0.25, 0.3) is 11.5 Å². The molecule has 0 bridgehead atoms. The van der Waals surface area contributed by atoms with Crippen LogP contribution in [0.4, 0.5) is 5.69 Å². The first-order valence-electron chi connectivity index (χ1n) is 10.5. The number of carbonyl (C=O) groups excluding carboxylic acids is 2. The van der Waals surface area contributed by atoms with E-state index in [0.29, 0.717) is 24.3 Å². The van der Waals surface area contributed by atoms with E-state index < -0.39 is 0 Å². The van der Waals surface area contributed by atoms with E-state index in [4.69, 9.17) is 0 Å². The lowest BCUT2D eigenvalue weighted by atomic mass is 9.97. The van der Waals surface area contributed by atoms with Crippen LogP contribution in [0, 0.1) is 12.8 Å². The van der Waals surface area contributed by atoms with Gasteiger partial charge in [-0.1, -0.05) is 36.4 Å². The molecule has 1 fully saturated rings. The van der Waals surface area contributed by atoms with E-state index in [9.17, 15) is 14.4 Å². The average molecular weight is 429 g/mol. The maximum atomic E-state index is 13.0. The molecule has 2 amide bonds. The number of nitrogens with zero attached hydrogens (tertiary/aromatic N) is 3. The van der Waals surface area contributed by atoms with Gasteiger partial charge in [0.1, 0.15) is 5.69 Å². The van der Waals surface area contributed by atoms with Crippen LogP contribution in [-0.2, 0) is 11.8 Å². The number of rotatable bonds is 4. The van der Waals surface area contributed by atoms with Crippen LogP contribution in [0.1, 0.15) is 16.1 Å². The van der Waals surface area contributed by atoms with E-state index in [0.717, 1.165) is 16.6 Å². The molecule has 162 valence electrons. The number of H-pyrrole nitrogens is 1. The molecule has 0 saturated carbocycles. The average Bonchev–Trinajstić information content (AvgIpc) is 3.28. The number of aromatic amines is 1. The third-order valence-corrected chi connectivity index (χ3v) is 6.16. The molecular weight excluding hydrogens is 406 g/mol. The van der Waals surface area contributed by atoms with Gasteiger partial charge < -0.3 is 15.2 Å². The zero-order valence-corrected chi connectivity index (χ0v) is 17.8. The Hall–Kier alpha value is -4.07. The van der Waals surface area contributed by atoms with E-state index in [2.05, 4.69) is 10.3 Å². The second-order valence-electron chi connectivity index (χ2n) is 8.08. The van der Waals surface area contributed by atoms with Crippen molar-refractivity contribution in [1.82, 2.24) is 19.2 Å². The fourth-order valence-corrected chi connectivity index (χ4v) is 4.17. The molecule has 1 aliphatic heterocycles. The Morgan fingerprint density at radius 3 is 2.47 bits per heavy atom. The van der Waals surface area contributed by atoms with Gasteiger partial charge in [0.2, 0.25) is 5.91 Å². The second-order valence-corrected chi connectivity index (χ2v) is 8.08. The molecule has 2 aromatic carbocycles. The number of carbonyl (C=O) groups is 2. The molecule has 1 aliphatic rings. The predicted octanol–water partition coefficient (Wildman–Crippen LogP) is 2.68. The van der Waals surface area contributed by atoms with Crippen LogP contribution in [0.5, 0.6) is 0 Å². The second kappa shape index (κ2) is 7.56. The number of aromatic nitrogens is 3. The van der Waals surface area contributed by atoms with E-state index >= 15 is 0 Å². The molecule has 1 saturated heterocycles. The third-order valence-electron chi connectivity index (χ3n) is 6.16. The molecule has 0 radical (unpaired) electrons. The van der Waals surface area contributed by atoms with Crippen molar-refractivity contribution >= 4 is 28.4 Å². The summed E-state index contributed by atoms with van der Waals surface area (Å²) >= 11 is 0. The minimum atomic E-state index is -0.353. The minimum absolute atomic E-state index is 0.103. The molecule has 2 N–H and O–H groups in total. The van der Waals surface area contributed by atoms with Crippen molar-refractivity contribution < 1.29 is 9.59 Å². The molecule has 8 heteroatoms. The number of likely N-dealkylation sites (tertiary alicyclic amines) is 1. The number of fused-ring (bicyclic) bond motifs is 1. The normalized spacial score (nSPS) is 13.9. The minimum Gasteiger partial charge on any atom is -0.360 e. The predicted molar refractivity (Wildman–Crippen MR) is 122 cm³/mol. The van der Waals surface area contributed by atoms with E-state index in [1.54, 1.807) is 29.7 Å². The maximum Gasteiger partial charge on any atom is 0.295 e. The van der Waals surface area contributed by atoms with Crippen LogP contribution >= 0.6 is 0 Å². The lowest BCUT2D eigenvalue weighted by molar-refractivity contribution is -0.123. The maximum absolute atomic E-state index is 13.0. The van der Waals surface area contributed by atoms with Crippen molar-refractivity contribution in [2.24, 2.45) is 13.0 Å². The SMILES string of the molecule is Cc1c(NC(=O)C2CN(C(=O)c3c[nH]c4ccccc34)C2)c(=O)n(-c2ccccc2)n1C. The molecule has 0 unspecified atom stereocenters. The van der Waals surface area contributed by atoms with Crippen molar-refractivity contribution in [3.63, 3.8) is 0 Å². The highest BCUT2D eigenvalue weighted by Gasteiger charge is 2.37. The molecule has 0 spiro atoms. The highest BCUT2D eigenvalue weighted by atomic mass is 16.2. The molecule has 5 rings (SSSR count). The van der Waals surface area contributed by atoms with Crippen LogP contribution in [0.2, 0.25) is 0 Å². The molecule has 2 aromatic heterocycles. The number of anilines is 1. The van der Waals surface area contributed by atoms with E-state index in [1.165, 1.54) is 4.68 Å². The standard InChI is InChI=1S/C24H23N5O3/c1-15-21(24(32)29(27(15)2)17-8-4-3-5-9-17)26-22(30)16-13-28(14-16)23(31)19-12-25-20-11-7-6-10-18(19)20/h3-12,16,25H,13-14H2,1-2H3,(H,26,30). The van der Waals surface area contributed by atoms with Gasteiger partial charge in [-0.2, -0.15) is 0 Å². The molecule has 8 nitrogen and oxygen atoms in total. The van der Waals surface area contributed by atoms with Crippen molar-refractivity contribution in [3.8, 4) is 5.69 Å². The molecule has 0 aliphatic carbocycles. The quantitative estimate of drug-likeness (QED) is 0.522. The Bertz CT molecular complexity index is 1390. The molecule has 4 aromatic rings. The first kappa shape index (κ1) is 19.9.